The van der Waals surface area contributed by atoms with E-state index in [4.69, 9.17) is 11.1 Å². The van der Waals surface area contributed by atoms with E-state index in [-0.39, 0.29) is 24.1 Å². The first kappa shape index (κ1) is 15.8. The average Bonchev–Trinajstić information content (AvgIpc) is 2.47. The number of carbonyl (C=O) groups is 2. The summed E-state index contributed by atoms with van der Waals surface area (Å²) in [5, 5.41) is 10.5. The SMILES string of the molecule is CC(=N)C1=C(N)N(C)C(=O)C(NC(=O)c2cccc(C)c2)C1. The molecular formula is C16H20N4O2. The molecule has 1 aliphatic heterocycles. The second kappa shape index (κ2) is 6.01. The van der Waals surface area contributed by atoms with Crippen LogP contribution in [0, 0.1) is 12.3 Å². The Kier molecular flexibility index (Phi) is 4.30. The molecule has 22 heavy (non-hydrogen) atoms. The fourth-order valence-electron chi connectivity index (χ4n) is 2.44. The largest absolute Gasteiger partial charge is 0.385 e. The van der Waals surface area contributed by atoms with Gasteiger partial charge in [-0.05, 0) is 26.0 Å². The average molecular weight is 300 g/mol. The highest BCUT2D eigenvalue weighted by atomic mass is 16.2. The van der Waals surface area contributed by atoms with Gasteiger partial charge in [-0.15, -0.1) is 0 Å². The van der Waals surface area contributed by atoms with E-state index in [9.17, 15) is 9.59 Å². The molecule has 1 aromatic rings. The van der Waals surface area contributed by atoms with E-state index in [1.807, 2.05) is 13.0 Å². The van der Waals surface area contributed by atoms with Crippen LogP contribution >= 0.6 is 0 Å². The Labute approximate surface area is 129 Å². The molecule has 1 heterocycles. The lowest BCUT2D eigenvalue weighted by Gasteiger charge is -2.32. The molecule has 1 aromatic carbocycles. The summed E-state index contributed by atoms with van der Waals surface area (Å²) in [7, 11) is 1.55. The van der Waals surface area contributed by atoms with Gasteiger partial charge in [-0.3, -0.25) is 14.5 Å². The van der Waals surface area contributed by atoms with Gasteiger partial charge in [0, 0.05) is 30.3 Å². The summed E-state index contributed by atoms with van der Waals surface area (Å²) < 4.78 is 0. The molecule has 0 fully saturated rings. The van der Waals surface area contributed by atoms with E-state index in [1.54, 1.807) is 32.2 Å². The minimum atomic E-state index is -0.708. The Morgan fingerprint density at radius 2 is 2.14 bits per heavy atom. The Morgan fingerprint density at radius 3 is 2.73 bits per heavy atom. The van der Waals surface area contributed by atoms with Gasteiger partial charge in [-0.2, -0.15) is 0 Å². The number of hydrogen-bond donors (Lipinski definition) is 3. The summed E-state index contributed by atoms with van der Waals surface area (Å²) in [6.45, 7) is 3.52. The van der Waals surface area contributed by atoms with Gasteiger partial charge < -0.3 is 16.5 Å². The fraction of sp³-hybridized carbons (Fsp3) is 0.312. The molecule has 2 rings (SSSR count). The maximum Gasteiger partial charge on any atom is 0.251 e. The zero-order valence-corrected chi connectivity index (χ0v) is 12.9. The second-order valence-corrected chi connectivity index (χ2v) is 5.49. The zero-order chi connectivity index (χ0) is 16.4. The minimum Gasteiger partial charge on any atom is -0.385 e. The van der Waals surface area contributed by atoms with Crippen LogP contribution in [0.4, 0.5) is 0 Å². The molecule has 0 aromatic heterocycles. The van der Waals surface area contributed by atoms with Gasteiger partial charge in [0.05, 0.1) is 0 Å². The molecule has 116 valence electrons. The molecule has 1 atom stereocenters. The molecule has 0 spiro atoms. The molecule has 1 unspecified atom stereocenters. The van der Waals surface area contributed by atoms with E-state index < -0.39 is 6.04 Å². The van der Waals surface area contributed by atoms with Crippen molar-refractivity contribution in [3.05, 3.63) is 46.8 Å². The maximum absolute atomic E-state index is 12.3. The second-order valence-electron chi connectivity index (χ2n) is 5.49. The van der Waals surface area contributed by atoms with Crippen molar-refractivity contribution in [2.45, 2.75) is 26.3 Å². The lowest BCUT2D eigenvalue weighted by molar-refractivity contribution is -0.130. The van der Waals surface area contributed by atoms with Crippen LogP contribution in [0.25, 0.3) is 0 Å². The summed E-state index contributed by atoms with van der Waals surface area (Å²) in [4.78, 5) is 25.8. The topological polar surface area (TPSA) is 99.3 Å². The molecule has 4 N–H and O–H groups in total. The van der Waals surface area contributed by atoms with Gasteiger partial charge in [0.2, 0.25) is 0 Å². The van der Waals surface area contributed by atoms with Crippen molar-refractivity contribution in [2.75, 3.05) is 7.05 Å². The third-order valence-electron chi connectivity index (χ3n) is 3.75. The smallest absolute Gasteiger partial charge is 0.251 e. The van der Waals surface area contributed by atoms with Crippen LogP contribution in [0.3, 0.4) is 0 Å². The Hall–Kier alpha value is -2.63. The number of benzene rings is 1. The van der Waals surface area contributed by atoms with E-state index in [1.165, 1.54) is 4.90 Å². The molecule has 0 saturated carbocycles. The van der Waals surface area contributed by atoms with E-state index in [0.717, 1.165) is 5.56 Å². The van der Waals surface area contributed by atoms with Gasteiger partial charge in [-0.25, -0.2) is 0 Å². The van der Waals surface area contributed by atoms with Gasteiger partial charge in [0.15, 0.2) is 0 Å². The monoisotopic (exact) mass is 300 g/mol. The molecule has 1 aliphatic rings. The number of rotatable bonds is 3. The standard InChI is InChI=1S/C16H20N4O2/c1-9-5-4-6-11(7-9)15(21)19-13-8-12(10(2)17)14(18)20(3)16(13)22/h4-7,13,17H,8,18H2,1-3H3,(H,19,21). The van der Waals surface area contributed by atoms with Crippen molar-refractivity contribution in [1.82, 2.24) is 10.2 Å². The number of aryl methyl sites for hydroxylation is 1. The predicted molar refractivity (Wildman–Crippen MR) is 84.4 cm³/mol. The van der Waals surface area contributed by atoms with E-state index in [2.05, 4.69) is 5.32 Å². The van der Waals surface area contributed by atoms with Crippen LogP contribution in [-0.2, 0) is 4.79 Å². The predicted octanol–water partition coefficient (Wildman–Crippen LogP) is 1.17. The number of nitrogens with two attached hydrogens (primary N) is 1. The van der Waals surface area contributed by atoms with Crippen LogP contribution in [0.5, 0.6) is 0 Å². The molecule has 0 aliphatic carbocycles. The Bertz CT molecular complexity index is 678. The summed E-state index contributed by atoms with van der Waals surface area (Å²) in [6, 6.07) is 6.45. The molecular weight excluding hydrogens is 280 g/mol. The summed E-state index contributed by atoms with van der Waals surface area (Å²) in [5.74, 6) is -0.306. The quantitative estimate of drug-likeness (QED) is 0.730. The normalized spacial score (nSPS) is 18.4. The summed E-state index contributed by atoms with van der Waals surface area (Å²) in [5.41, 5.74) is 8.22. The lowest BCUT2D eigenvalue weighted by atomic mass is 9.97. The summed E-state index contributed by atoms with van der Waals surface area (Å²) in [6.07, 6.45) is 0.238. The van der Waals surface area contributed by atoms with Crippen molar-refractivity contribution >= 4 is 17.5 Å². The van der Waals surface area contributed by atoms with Crippen molar-refractivity contribution < 1.29 is 9.59 Å². The van der Waals surface area contributed by atoms with Crippen molar-refractivity contribution in [2.24, 2.45) is 5.73 Å². The summed E-state index contributed by atoms with van der Waals surface area (Å²) >= 11 is 0. The van der Waals surface area contributed by atoms with Gasteiger partial charge >= 0.3 is 0 Å². The molecule has 0 saturated heterocycles. The fourth-order valence-corrected chi connectivity index (χ4v) is 2.44. The number of hydrogen-bond acceptors (Lipinski definition) is 4. The molecule has 2 amide bonds. The van der Waals surface area contributed by atoms with Crippen LogP contribution in [0.1, 0.15) is 29.3 Å². The van der Waals surface area contributed by atoms with Crippen LogP contribution in [0.2, 0.25) is 0 Å². The minimum absolute atomic E-state index is 0.238. The third-order valence-corrected chi connectivity index (χ3v) is 3.75. The number of likely N-dealkylation sites (N-methyl/N-ethyl adjacent to an activating group) is 1. The van der Waals surface area contributed by atoms with E-state index in [0.29, 0.717) is 16.8 Å². The highest BCUT2D eigenvalue weighted by molar-refractivity contribution is 6.02. The number of amides is 2. The first-order chi connectivity index (χ1) is 10.3. The lowest BCUT2D eigenvalue weighted by Crippen LogP contribution is -2.52. The first-order valence-corrected chi connectivity index (χ1v) is 7.00. The molecule has 0 radical (unpaired) electrons. The first-order valence-electron chi connectivity index (χ1n) is 7.00. The highest BCUT2D eigenvalue weighted by Crippen LogP contribution is 2.20. The Balaban J connectivity index is 2.21. The van der Waals surface area contributed by atoms with Crippen LogP contribution in [0.15, 0.2) is 35.7 Å². The molecule has 0 bridgehead atoms. The van der Waals surface area contributed by atoms with Crippen molar-refractivity contribution in [1.29, 1.82) is 5.41 Å². The van der Waals surface area contributed by atoms with E-state index >= 15 is 0 Å². The zero-order valence-electron chi connectivity index (χ0n) is 12.9. The highest BCUT2D eigenvalue weighted by Gasteiger charge is 2.33. The van der Waals surface area contributed by atoms with Crippen LogP contribution < -0.4 is 11.1 Å². The number of carbonyl (C=O) groups excluding carboxylic acids is 2. The van der Waals surface area contributed by atoms with Crippen molar-refractivity contribution in [3.8, 4) is 0 Å². The van der Waals surface area contributed by atoms with Gasteiger partial charge in [-0.1, -0.05) is 17.7 Å². The Morgan fingerprint density at radius 1 is 1.45 bits per heavy atom. The number of nitrogens with one attached hydrogen (secondary N) is 2. The van der Waals surface area contributed by atoms with Crippen LogP contribution in [-0.4, -0.2) is 35.5 Å². The molecule has 6 nitrogen and oxygen atoms in total. The van der Waals surface area contributed by atoms with Gasteiger partial charge in [0.1, 0.15) is 11.9 Å². The number of nitrogens with zero attached hydrogens (tertiary/aromatic N) is 1. The maximum atomic E-state index is 12.3. The third kappa shape index (κ3) is 3.00. The van der Waals surface area contributed by atoms with Gasteiger partial charge in [0.25, 0.3) is 11.8 Å². The van der Waals surface area contributed by atoms with Crippen molar-refractivity contribution in [3.63, 3.8) is 0 Å². The molecule has 6 heteroatoms.